The van der Waals surface area contributed by atoms with Crippen molar-refractivity contribution < 1.29 is 0 Å². The van der Waals surface area contributed by atoms with Gasteiger partial charge in [-0.15, -0.1) is 0 Å². The molecule has 1 rings (SSSR count). The Morgan fingerprint density at radius 1 is 1.36 bits per heavy atom. The minimum Gasteiger partial charge on any atom is -0.0933 e. The number of rotatable bonds is 3. The van der Waals surface area contributed by atoms with Gasteiger partial charge in [-0.25, -0.2) is 0 Å². The van der Waals surface area contributed by atoms with Crippen molar-refractivity contribution in [3.8, 4) is 0 Å². The van der Waals surface area contributed by atoms with Crippen LogP contribution in [0.4, 0.5) is 0 Å². The minimum atomic E-state index is 0.966. The van der Waals surface area contributed by atoms with Gasteiger partial charge in [0.1, 0.15) is 0 Å². The van der Waals surface area contributed by atoms with Gasteiger partial charge in [-0.3, -0.25) is 0 Å². The van der Waals surface area contributed by atoms with E-state index in [0.717, 1.165) is 12.3 Å². The lowest BCUT2D eigenvalue weighted by molar-refractivity contribution is 0.383. The summed E-state index contributed by atoms with van der Waals surface area (Å²) in [5.74, 6) is 0.966. The molecule has 63 valence electrons. The maximum Gasteiger partial charge on any atom is 0.000245 e. The summed E-state index contributed by atoms with van der Waals surface area (Å²) in [5, 5.41) is 0. The smallest absolute Gasteiger partial charge is 0.000245 e. The molecule has 11 heavy (non-hydrogen) atoms. The molecule has 1 aliphatic carbocycles. The molecular weight excluding hydrogens is 156 g/mol. The maximum atomic E-state index is 5.43. The molecule has 0 nitrogen and oxygen atoms in total. The van der Waals surface area contributed by atoms with Crippen LogP contribution < -0.4 is 0 Å². The van der Waals surface area contributed by atoms with Crippen molar-refractivity contribution in [3.05, 3.63) is 18.0 Å². The predicted octanol–water partition coefficient (Wildman–Crippen LogP) is 3.91. The molecule has 0 atom stereocenters. The van der Waals surface area contributed by atoms with Crippen molar-refractivity contribution in [2.45, 2.75) is 38.5 Å². The molecule has 0 amide bonds. The van der Waals surface area contributed by atoms with Crippen molar-refractivity contribution in [3.63, 3.8) is 0 Å². The molecule has 1 saturated carbocycles. The lowest BCUT2D eigenvalue weighted by atomic mass is 9.86. The van der Waals surface area contributed by atoms with Crippen molar-refractivity contribution >= 4 is 11.6 Å². The van der Waals surface area contributed by atoms with Crippen LogP contribution in [0.3, 0.4) is 0 Å². The van der Waals surface area contributed by atoms with Gasteiger partial charge < -0.3 is 0 Å². The third-order valence-electron chi connectivity index (χ3n) is 2.39. The van der Waals surface area contributed by atoms with Crippen molar-refractivity contribution in [1.29, 1.82) is 0 Å². The molecule has 1 fully saturated rings. The Hall–Kier alpha value is 0.0300. The highest BCUT2D eigenvalue weighted by Gasteiger charge is 2.11. The quantitative estimate of drug-likeness (QED) is 0.604. The zero-order valence-electron chi connectivity index (χ0n) is 6.93. The third-order valence-corrected chi connectivity index (χ3v) is 2.57. The molecule has 1 aliphatic rings. The van der Waals surface area contributed by atoms with E-state index in [-0.39, 0.29) is 0 Å². The van der Waals surface area contributed by atoms with Crippen LogP contribution in [0.15, 0.2) is 11.6 Å². The number of halogens is 1. The van der Waals surface area contributed by atoms with E-state index < -0.39 is 0 Å². The van der Waals surface area contributed by atoms with E-state index in [2.05, 4.69) is 12.5 Å². The minimum absolute atomic E-state index is 0.966. The lowest BCUT2D eigenvalue weighted by Crippen LogP contribution is -2.05. The SMILES string of the molecule is Cl/C=C/CCC1CC[CH]CC1. The highest BCUT2D eigenvalue weighted by Crippen LogP contribution is 2.26. The van der Waals surface area contributed by atoms with E-state index in [1.165, 1.54) is 32.1 Å². The van der Waals surface area contributed by atoms with E-state index in [1.54, 1.807) is 5.54 Å². The van der Waals surface area contributed by atoms with Crippen LogP contribution in [0.5, 0.6) is 0 Å². The van der Waals surface area contributed by atoms with Gasteiger partial charge in [0.05, 0.1) is 0 Å². The van der Waals surface area contributed by atoms with Gasteiger partial charge in [0.25, 0.3) is 0 Å². The largest absolute Gasteiger partial charge is 0.0933 e. The summed E-state index contributed by atoms with van der Waals surface area (Å²) in [7, 11) is 0. The Balaban J connectivity index is 2.04. The first-order valence-electron chi connectivity index (χ1n) is 4.50. The fourth-order valence-electron chi connectivity index (χ4n) is 1.68. The molecule has 0 spiro atoms. The monoisotopic (exact) mass is 171 g/mol. The molecule has 0 N–H and O–H groups in total. The van der Waals surface area contributed by atoms with Crippen LogP contribution in [0.1, 0.15) is 38.5 Å². The van der Waals surface area contributed by atoms with E-state index in [0.29, 0.717) is 0 Å². The Kier molecular flexibility index (Phi) is 4.69. The zero-order valence-corrected chi connectivity index (χ0v) is 7.69. The molecule has 0 aliphatic heterocycles. The first-order valence-corrected chi connectivity index (χ1v) is 4.94. The second-order valence-electron chi connectivity index (χ2n) is 3.25. The van der Waals surface area contributed by atoms with Crippen molar-refractivity contribution in [2.24, 2.45) is 5.92 Å². The van der Waals surface area contributed by atoms with Crippen LogP contribution in [-0.2, 0) is 0 Å². The maximum absolute atomic E-state index is 5.43. The van der Waals surface area contributed by atoms with Gasteiger partial charge in [-0.05, 0) is 38.0 Å². The van der Waals surface area contributed by atoms with Gasteiger partial charge >= 0.3 is 0 Å². The first-order chi connectivity index (χ1) is 5.43. The Morgan fingerprint density at radius 3 is 2.73 bits per heavy atom. The number of hydrogen-bond acceptors (Lipinski definition) is 0. The second kappa shape index (κ2) is 5.65. The molecule has 0 saturated heterocycles. The molecule has 1 radical (unpaired) electrons. The second-order valence-corrected chi connectivity index (χ2v) is 3.50. The van der Waals surface area contributed by atoms with E-state index >= 15 is 0 Å². The number of allylic oxidation sites excluding steroid dienone is 1. The highest BCUT2D eigenvalue weighted by molar-refractivity contribution is 6.25. The summed E-state index contributed by atoms with van der Waals surface area (Å²) in [6.07, 6.45) is 12.4. The fourth-order valence-corrected chi connectivity index (χ4v) is 1.81. The van der Waals surface area contributed by atoms with Gasteiger partial charge in [-0.1, -0.05) is 30.5 Å². The van der Waals surface area contributed by atoms with Crippen LogP contribution in [0.2, 0.25) is 0 Å². The molecule has 0 heterocycles. The highest BCUT2D eigenvalue weighted by atomic mass is 35.5. The van der Waals surface area contributed by atoms with Gasteiger partial charge in [0, 0.05) is 5.54 Å². The Labute approximate surface area is 74.6 Å². The fraction of sp³-hybridized carbons (Fsp3) is 0.700. The van der Waals surface area contributed by atoms with E-state index in [4.69, 9.17) is 11.6 Å². The molecule has 0 aromatic carbocycles. The normalized spacial score (nSPS) is 21.2. The summed E-state index contributed by atoms with van der Waals surface area (Å²) >= 11 is 5.43. The van der Waals surface area contributed by atoms with Gasteiger partial charge in [-0.2, -0.15) is 0 Å². The summed E-state index contributed by atoms with van der Waals surface area (Å²) < 4.78 is 0. The summed E-state index contributed by atoms with van der Waals surface area (Å²) in [4.78, 5) is 0. The molecule has 1 heteroatoms. The molecule has 0 aromatic heterocycles. The molecular formula is C10H16Cl. The standard InChI is InChI=1S/C10H16Cl/c11-9-5-4-8-10-6-2-1-3-7-10/h1,5,9-10H,2-4,6-8H2/b9-5+. The van der Waals surface area contributed by atoms with Gasteiger partial charge in [0.15, 0.2) is 0 Å². The Morgan fingerprint density at radius 2 is 2.09 bits per heavy atom. The molecule has 0 bridgehead atoms. The number of hydrogen-bond donors (Lipinski definition) is 0. The molecule has 0 aromatic rings. The topological polar surface area (TPSA) is 0 Å². The average Bonchev–Trinajstić information content (AvgIpc) is 2.07. The van der Waals surface area contributed by atoms with E-state index in [1.807, 2.05) is 0 Å². The van der Waals surface area contributed by atoms with E-state index in [9.17, 15) is 0 Å². The molecule has 0 unspecified atom stereocenters. The predicted molar refractivity (Wildman–Crippen MR) is 50.5 cm³/mol. The third kappa shape index (κ3) is 3.81. The van der Waals surface area contributed by atoms with Gasteiger partial charge in [0.2, 0.25) is 0 Å². The zero-order chi connectivity index (χ0) is 7.94. The van der Waals surface area contributed by atoms with Crippen LogP contribution in [0.25, 0.3) is 0 Å². The summed E-state index contributed by atoms with van der Waals surface area (Å²) in [6.45, 7) is 0. The summed E-state index contributed by atoms with van der Waals surface area (Å²) in [6, 6.07) is 0. The van der Waals surface area contributed by atoms with Crippen LogP contribution in [0, 0.1) is 12.3 Å². The lowest BCUT2D eigenvalue weighted by Gasteiger charge is -2.20. The average molecular weight is 172 g/mol. The van der Waals surface area contributed by atoms with Crippen molar-refractivity contribution in [1.82, 2.24) is 0 Å². The Bertz CT molecular complexity index is 112. The van der Waals surface area contributed by atoms with Crippen LogP contribution >= 0.6 is 11.6 Å². The van der Waals surface area contributed by atoms with Crippen LogP contribution in [-0.4, -0.2) is 0 Å². The van der Waals surface area contributed by atoms with Crippen molar-refractivity contribution in [2.75, 3.05) is 0 Å². The first kappa shape index (κ1) is 9.12. The summed E-state index contributed by atoms with van der Waals surface area (Å²) in [5.41, 5.74) is 1.63.